The third-order valence-corrected chi connectivity index (χ3v) is 4.81. The molecule has 1 aromatic carbocycles. The fourth-order valence-corrected chi connectivity index (χ4v) is 3.37. The van der Waals surface area contributed by atoms with Crippen LogP contribution in [0.2, 0.25) is 5.02 Å². The molecule has 0 aliphatic carbocycles. The quantitative estimate of drug-likeness (QED) is 0.587. The summed E-state index contributed by atoms with van der Waals surface area (Å²) >= 11 is 7.27. The van der Waals surface area contributed by atoms with Gasteiger partial charge in [0, 0.05) is 18.2 Å². The lowest BCUT2D eigenvalue weighted by Crippen LogP contribution is -2.36. The molecule has 8 heteroatoms. The van der Waals surface area contributed by atoms with Crippen molar-refractivity contribution >= 4 is 40.2 Å². The second kappa shape index (κ2) is 8.69. The molecular weight excluding hydrogens is 362 g/mol. The maximum Gasteiger partial charge on any atom is 0.262 e. The van der Waals surface area contributed by atoms with Gasteiger partial charge in [0.1, 0.15) is 0 Å². The van der Waals surface area contributed by atoms with Crippen molar-refractivity contribution in [2.75, 3.05) is 13.7 Å². The van der Waals surface area contributed by atoms with Crippen LogP contribution < -0.4 is 10.9 Å². The zero-order valence-corrected chi connectivity index (χ0v) is 16.3. The minimum absolute atomic E-state index is 0.0506. The maximum absolute atomic E-state index is 12.8. The van der Waals surface area contributed by atoms with Crippen molar-refractivity contribution in [2.45, 2.75) is 43.8 Å². The van der Waals surface area contributed by atoms with E-state index >= 15 is 0 Å². The van der Waals surface area contributed by atoms with Crippen LogP contribution in [0.25, 0.3) is 10.9 Å². The summed E-state index contributed by atoms with van der Waals surface area (Å²) in [7, 11) is 1.57. The SMILES string of the molecule is COCCn1c(SC(C)C(=O)NC(C)C)nc2cc(Cl)ccc2c1=O. The third-order valence-electron chi connectivity index (χ3n) is 3.48. The molecule has 0 spiro atoms. The van der Waals surface area contributed by atoms with Crippen LogP contribution >= 0.6 is 23.4 Å². The number of aromatic nitrogens is 2. The second-order valence-electron chi connectivity index (χ2n) is 5.93. The van der Waals surface area contributed by atoms with E-state index < -0.39 is 0 Å². The van der Waals surface area contributed by atoms with Gasteiger partial charge in [0.2, 0.25) is 5.91 Å². The summed E-state index contributed by atoms with van der Waals surface area (Å²) in [6, 6.07) is 5.04. The van der Waals surface area contributed by atoms with E-state index in [9.17, 15) is 9.59 Å². The van der Waals surface area contributed by atoms with Gasteiger partial charge in [0.25, 0.3) is 5.56 Å². The smallest absolute Gasteiger partial charge is 0.262 e. The Morgan fingerprint density at radius 3 is 2.76 bits per heavy atom. The number of hydrogen-bond acceptors (Lipinski definition) is 5. The lowest BCUT2D eigenvalue weighted by atomic mass is 10.2. The first-order chi connectivity index (χ1) is 11.8. The van der Waals surface area contributed by atoms with E-state index in [1.165, 1.54) is 11.8 Å². The summed E-state index contributed by atoms with van der Waals surface area (Å²) < 4.78 is 6.64. The van der Waals surface area contributed by atoms with Gasteiger partial charge in [-0.2, -0.15) is 0 Å². The molecule has 0 bridgehead atoms. The van der Waals surface area contributed by atoms with Crippen molar-refractivity contribution in [1.82, 2.24) is 14.9 Å². The van der Waals surface area contributed by atoms with Crippen molar-refractivity contribution in [3.63, 3.8) is 0 Å². The predicted molar refractivity (Wildman–Crippen MR) is 101 cm³/mol. The van der Waals surface area contributed by atoms with Gasteiger partial charge < -0.3 is 10.1 Å². The molecule has 6 nitrogen and oxygen atoms in total. The number of ether oxygens (including phenoxy) is 1. The monoisotopic (exact) mass is 383 g/mol. The van der Waals surface area contributed by atoms with Crippen LogP contribution in [0.15, 0.2) is 28.2 Å². The molecule has 0 aliphatic heterocycles. The topological polar surface area (TPSA) is 73.2 Å². The van der Waals surface area contributed by atoms with Gasteiger partial charge in [-0.1, -0.05) is 23.4 Å². The van der Waals surface area contributed by atoms with Crippen LogP contribution in [0.5, 0.6) is 0 Å². The number of hydrogen-bond donors (Lipinski definition) is 1. The van der Waals surface area contributed by atoms with E-state index in [1.54, 1.807) is 36.8 Å². The van der Waals surface area contributed by atoms with Gasteiger partial charge in [-0.05, 0) is 39.0 Å². The first-order valence-corrected chi connectivity index (χ1v) is 9.25. The molecule has 136 valence electrons. The van der Waals surface area contributed by atoms with Crippen LogP contribution in [0, 0.1) is 0 Å². The van der Waals surface area contributed by atoms with Gasteiger partial charge >= 0.3 is 0 Å². The molecule has 0 fully saturated rings. The minimum atomic E-state index is -0.389. The summed E-state index contributed by atoms with van der Waals surface area (Å²) in [5.41, 5.74) is 0.350. The molecule has 0 radical (unpaired) electrons. The third kappa shape index (κ3) is 4.96. The Labute approximate surface area is 155 Å². The predicted octanol–water partition coefficient (Wildman–Crippen LogP) is 2.70. The Morgan fingerprint density at radius 2 is 2.12 bits per heavy atom. The van der Waals surface area contributed by atoms with Crippen LogP contribution in [0.3, 0.4) is 0 Å². The molecule has 1 aromatic heterocycles. The Balaban J connectivity index is 2.44. The van der Waals surface area contributed by atoms with Crippen LogP contribution in [0.4, 0.5) is 0 Å². The summed E-state index contributed by atoms with van der Waals surface area (Å²) in [4.78, 5) is 29.6. The number of fused-ring (bicyclic) bond motifs is 1. The van der Waals surface area contributed by atoms with Crippen LogP contribution in [-0.4, -0.2) is 40.5 Å². The van der Waals surface area contributed by atoms with Crippen LogP contribution in [-0.2, 0) is 16.1 Å². The highest BCUT2D eigenvalue weighted by Gasteiger charge is 2.20. The molecule has 2 rings (SSSR count). The number of rotatable bonds is 7. The van der Waals surface area contributed by atoms with Gasteiger partial charge in [-0.3, -0.25) is 14.2 Å². The number of carbonyl (C=O) groups is 1. The largest absolute Gasteiger partial charge is 0.383 e. The number of thioether (sulfide) groups is 1. The molecule has 1 atom stereocenters. The van der Waals surface area contributed by atoms with E-state index in [1.807, 2.05) is 13.8 Å². The fourth-order valence-electron chi connectivity index (χ4n) is 2.26. The zero-order valence-electron chi connectivity index (χ0n) is 14.7. The number of methoxy groups -OCH3 is 1. The van der Waals surface area contributed by atoms with Crippen molar-refractivity contribution < 1.29 is 9.53 Å². The van der Waals surface area contributed by atoms with Crippen molar-refractivity contribution in [2.24, 2.45) is 0 Å². The molecule has 1 amide bonds. The summed E-state index contributed by atoms with van der Waals surface area (Å²) in [6.45, 7) is 6.33. The number of amides is 1. The minimum Gasteiger partial charge on any atom is -0.383 e. The normalized spacial score (nSPS) is 12.6. The molecule has 1 unspecified atom stereocenters. The van der Waals surface area contributed by atoms with E-state index in [4.69, 9.17) is 16.3 Å². The Bertz CT molecular complexity index is 823. The first kappa shape index (κ1) is 19.8. The van der Waals surface area contributed by atoms with Gasteiger partial charge in [0.15, 0.2) is 5.16 Å². The number of nitrogens with zero attached hydrogens (tertiary/aromatic N) is 2. The van der Waals surface area contributed by atoms with E-state index in [0.29, 0.717) is 34.2 Å². The molecule has 0 aliphatic rings. The number of halogens is 1. The lowest BCUT2D eigenvalue weighted by molar-refractivity contribution is -0.120. The molecule has 0 saturated heterocycles. The molecule has 1 heterocycles. The Kier molecular flexibility index (Phi) is 6.87. The van der Waals surface area contributed by atoms with Gasteiger partial charge in [0.05, 0.1) is 29.3 Å². The van der Waals surface area contributed by atoms with Crippen molar-refractivity contribution in [3.8, 4) is 0 Å². The number of benzene rings is 1. The van der Waals surface area contributed by atoms with Crippen molar-refractivity contribution in [1.29, 1.82) is 0 Å². The van der Waals surface area contributed by atoms with E-state index in [0.717, 1.165) is 0 Å². The molecule has 2 aromatic rings. The molecule has 0 saturated carbocycles. The maximum atomic E-state index is 12.8. The highest BCUT2D eigenvalue weighted by atomic mass is 35.5. The van der Waals surface area contributed by atoms with Crippen molar-refractivity contribution in [3.05, 3.63) is 33.6 Å². The molecular formula is C17H22ClN3O3S. The summed E-state index contributed by atoms with van der Waals surface area (Å²) in [5.74, 6) is -0.0984. The lowest BCUT2D eigenvalue weighted by Gasteiger charge is -2.17. The first-order valence-electron chi connectivity index (χ1n) is 7.99. The van der Waals surface area contributed by atoms with Gasteiger partial charge in [-0.15, -0.1) is 0 Å². The molecule has 25 heavy (non-hydrogen) atoms. The second-order valence-corrected chi connectivity index (χ2v) is 7.67. The standard InChI is InChI=1S/C17H22ClN3O3S/c1-10(2)19-15(22)11(3)25-17-20-14-9-12(18)5-6-13(14)16(23)21(17)7-8-24-4/h5-6,9-11H,7-8H2,1-4H3,(H,19,22). The summed E-state index contributed by atoms with van der Waals surface area (Å²) in [5, 5.41) is 3.95. The van der Waals surface area contributed by atoms with E-state index in [-0.39, 0.29) is 22.8 Å². The Morgan fingerprint density at radius 1 is 1.40 bits per heavy atom. The fraction of sp³-hybridized carbons (Fsp3) is 0.471. The number of nitrogens with one attached hydrogen (secondary N) is 1. The van der Waals surface area contributed by atoms with E-state index in [2.05, 4.69) is 10.3 Å². The summed E-state index contributed by atoms with van der Waals surface area (Å²) in [6.07, 6.45) is 0. The van der Waals surface area contributed by atoms with Crippen LogP contribution in [0.1, 0.15) is 20.8 Å². The average Bonchev–Trinajstić information content (AvgIpc) is 2.53. The zero-order chi connectivity index (χ0) is 18.6. The number of carbonyl (C=O) groups excluding carboxylic acids is 1. The highest BCUT2D eigenvalue weighted by Crippen LogP contribution is 2.24. The van der Waals surface area contributed by atoms with Gasteiger partial charge in [-0.25, -0.2) is 4.98 Å². The highest BCUT2D eigenvalue weighted by molar-refractivity contribution is 8.00. The molecule has 1 N–H and O–H groups in total. The Hall–Kier alpha value is -1.57. The average molecular weight is 384 g/mol.